The Morgan fingerprint density at radius 2 is 1.83 bits per heavy atom. The van der Waals surface area contributed by atoms with Gasteiger partial charge in [-0.3, -0.25) is 4.79 Å². The van der Waals surface area contributed by atoms with E-state index >= 15 is 0 Å². The Hall–Kier alpha value is -3.09. The summed E-state index contributed by atoms with van der Waals surface area (Å²) in [7, 11) is 0.732. The summed E-state index contributed by atoms with van der Waals surface area (Å²) < 4.78 is 52.6. The lowest BCUT2D eigenvalue weighted by Gasteiger charge is -2.34. The van der Waals surface area contributed by atoms with Crippen LogP contribution in [0.15, 0.2) is 36.4 Å². The van der Waals surface area contributed by atoms with Gasteiger partial charge in [-0.1, -0.05) is 34.5 Å². The number of rotatable bonds is 7. The molecule has 2 N–H and O–H groups in total. The highest BCUT2D eigenvalue weighted by Crippen LogP contribution is 2.36. The molecule has 0 aliphatic carbocycles. The Bertz CT molecular complexity index is 1300. The number of fused-ring (bicyclic) bond motifs is 1. The van der Waals surface area contributed by atoms with E-state index in [4.69, 9.17) is 27.9 Å². The van der Waals surface area contributed by atoms with Gasteiger partial charge in [-0.05, 0) is 43.3 Å². The minimum absolute atomic E-state index is 0.136. The van der Waals surface area contributed by atoms with Crippen LogP contribution in [0.4, 0.5) is 18.3 Å². The summed E-state index contributed by atoms with van der Waals surface area (Å²) in [6, 6.07) is 7.70. The second-order valence-corrected chi connectivity index (χ2v) is 8.74. The minimum atomic E-state index is -5.39. The number of carbonyl (C=O) groups is 3. The molecule has 0 saturated heterocycles. The maximum Gasteiger partial charge on any atom is 0.442 e. The van der Waals surface area contributed by atoms with Crippen molar-refractivity contribution in [3.63, 3.8) is 0 Å². The average molecular weight is 550 g/mol. The number of benzene rings is 2. The number of ether oxygens (including phenoxy) is 2. The van der Waals surface area contributed by atoms with Crippen LogP contribution in [0, 0.1) is 0 Å². The van der Waals surface area contributed by atoms with Gasteiger partial charge in [0, 0.05) is 5.02 Å². The normalized spacial score (nSPS) is 13.1. The molecular formula is C21H16Cl2F3N3O5S. The van der Waals surface area contributed by atoms with Gasteiger partial charge < -0.3 is 20.1 Å². The van der Waals surface area contributed by atoms with Gasteiger partial charge in [0.1, 0.15) is 0 Å². The standard InChI is InChI=1S/C21H16Cl2F3N3O5S/c1-3-34-17(31)10-4-7-14-15(8-10)35-19(27-14)29-20(18(32)33-2,21(24,25)26)28-16(30)12-6-5-11(22)9-13(12)23/h4-9H,3H2,1-2H3,(H,27,29)(H,28,30). The lowest BCUT2D eigenvalue weighted by molar-refractivity contribution is -0.203. The number of nitrogens with zero attached hydrogens (tertiary/aromatic N) is 1. The fourth-order valence-electron chi connectivity index (χ4n) is 2.94. The van der Waals surface area contributed by atoms with Crippen LogP contribution in [0.2, 0.25) is 10.0 Å². The second-order valence-electron chi connectivity index (χ2n) is 6.86. The van der Waals surface area contributed by atoms with E-state index < -0.39 is 29.7 Å². The first-order valence-electron chi connectivity index (χ1n) is 9.70. The van der Waals surface area contributed by atoms with Gasteiger partial charge in [0.25, 0.3) is 5.91 Å². The smallest absolute Gasteiger partial charge is 0.442 e. The molecular weight excluding hydrogens is 534 g/mol. The Morgan fingerprint density at radius 1 is 1.11 bits per heavy atom. The zero-order valence-corrected chi connectivity index (χ0v) is 20.3. The molecule has 0 bridgehead atoms. The van der Waals surface area contributed by atoms with Crippen molar-refractivity contribution in [1.82, 2.24) is 10.3 Å². The number of anilines is 1. The number of nitrogens with one attached hydrogen (secondary N) is 2. The topological polar surface area (TPSA) is 107 Å². The van der Waals surface area contributed by atoms with Gasteiger partial charge in [0.2, 0.25) is 0 Å². The molecule has 8 nitrogen and oxygen atoms in total. The number of methoxy groups -OCH3 is 1. The third-order valence-corrected chi connectivity index (χ3v) is 6.07. The van der Waals surface area contributed by atoms with Gasteiger partial charge in [-0.25, -0.2) is 14.6 Å². The molecule has 35 heavy (non-hydrogen) atoms. The summed E-state index contributed by atoms with van der Waals surface area (Å²) in [4.78, 5) is 41.2. The van der Waals surface area contributed by atoms with E-state index in [0.29, 0.717) is 16.0 Å². The largest absolute Gasteiger partial charge is 0.466 e. The van der Waals surface area contributed by atoms with Crippen LogP contribution in [0.3, 0.4) is 0 Å². The molecule has 3 rings (SSSR count). The number of esters is 2. The van der Waals surface area contributed by atoms with E-state index in [2.05, 4.69) is 9.72 Å². The predicted molar refractivity (Wildman–Crippen MR) is 124 cm³/mol. The minimum Gasteiger partial charge on any atom is -0.466 e. The number of hydrogen-bond donors (Lipinski definition) is 2. The van der Waals surface area contributed by atoms with Gasteiger partial charge in [0.05, 0.1) is 40.1 Å². The Kier molecular flexibility index (Phi) is 7.77. The Labute approximate surface area is 210 Å². The molecule has 1 amide bonds. The maximum absolute atomic E-state index is 14.3. The molecule has 3 aromatic rings. The number of halogens is 5. The molecule has 0 radical (unpaired) electrons. The third-order valence-electron chi connectivity index (χ3n) is 4.59. The van der Waals surface area contributed by atoms with E-state index in [-0.39, 0.29) is 38.4 Å². The van der Waals surface area contributed by atoms with Gasteiger partial charge >= 0.3 is 23.8 Å². The van der Waals surface area contributed by atoms with Gasteiger partial charge in [-0.2, -0.15) is 13.2 Å². The third kappa shape index (κ3) is 5.44. The Morgan fingerprint density at radius 3 is 2.43 bits per heavy atom. The lowest BCUT2D eigenvalue weighted by Crippen LogP contribution is -2.69. The fraction of sp³-hybridized carbons (Fsp3) is 0.238. The summed E-state index contributed by atoms with van der Waals surface area (Å²) in [5.41, 5.74) is -3.69. The zero-order chi connectivity index (χ0) is 26.0. The van der Waals surface area contributed by atoms with Crippen molar-refractivity contribution in [1.29, 1.82) is 0 Å². The van der Waals surface area contributed by atoms with Crippen molar-refractivity contribution >= 4 is 67.7 Å². The van der Waals surface area contributed by atoms with Crippen LogP contribution >= 0.6 is 34.5 Å². The Balaban J connectivity index is 2.04. The molecule has 0 fully saturated rings. The number of carbonyl (C=O) groups excluding carboxylic acids is 3. The van der Waals surface area contributed by atoms with Crippen molar-refractivity contribution < 1.29 is 37.0 Å². The van der Waals surface area contributed by atoms with Crippen molar-refractivity contribution in [2.75, 3.05) is 19.0 Å². The second kappa shape index (κ2) is 10.3. The number of thiazole rings is 1. The highest BCUT2D eigenvalue weighted by Gasteiger charge is 2.64. The fourth-order valence-corrected chi connectivity index (χ4v) is 4.39. The summed E-state index contributed by atoms with van der Waals surface area (Å²) in [6.07, 6.45) is -5.39. The van der Waals surface area contributed by atoms with Crippen molar-refractivity contribution in [3.8, 4) is 0 Å². The molecule has 14 heteroatoms. The molecule has 0 saturated carbocycles. The SMILES string of the molecule is CCOC(=O)c1ccc2nc(NC(NC(=O)c3ccc(Cl)cc3Cl)(C(=O)OC)C(F)(F)F)sc2c1. The van der Waals surface area contributed by atoms with Gasteiger partial charge in [-0.15, -0.1) is 0 Å². The average Bonchev–Trinajstić information content (AvgIpc) is 3.18. The van der Waals surface area contributed by atoms with Crippen LogP contribution in [-0.2, 0) is 14.3 Å². The molecule has 1 unspecified atom stereocenters. The van der Waals surface area contributed by atoms with E-state index in [9.17, 15) is 27.6 Å². The zero-order valence-electron chi connectivity index (χ0n) is 18.0. The number of amides is 1. The van der Waals surface area contributed by atoms with Gasteiger partial charge in [0.15, 0.2) is 5.13 Å². The monoisotopic (exact) mass is 549 g/mol. The summed E-state index contributed by atoms with van der Waals surface area (Å²) in [5.74, 6) is -3.80. The summed E-state index contributed by atoms with van der Waals surface area (Å²) >= 11 is 12.4. The highest BCUT2D eigenvalue weighted by atomic mass is 35.5. The molecule has 186 valence electrons. The quantitative estimate of drug-likeness (QED) is 0.313. The van der Waals surface area contributed by atoms with Crippen molar-refractivity contribution in [3.05, 3.63) is 57.6 Å². The van der Waals surface area contributed by atoms with Crippen LogP contribution in [-0.4, -0.2) is 48.4 Å². The molecule has 1 heterocycles. The summed E-state index contributed by atoms with van der Waals surface area (Å²) in [6.45, 7) is 1.76. The van der Waals surface area contributed by atoms with Crippen LogP contribution in [0.5, 0.6) is 0 Å². The first kappa shape index (κ1) is 26.5. The first-order valence-corrected chi connectivity index (χ1v) is 11.3. The van der Waals surface area contributed by atoms with Crippen LogP contribution < -0.4 is 10.6 Å². The molecule has 0 aliphatic heterocycles. The number of hydrogen-bond acceptors (Lipinski definition) is 8. The molecule has 1 atom stereocenters. The van der Waals surface area contributed by atoms with Crippen molar-refractivity contribution in [2.24, 2.45) is 0 Å². The number of alkyl halides is 3. The van der Waals surface area contributed by atoms with E-state index in [1.54, 1.807) is 12.2 Å². The van der Waals surface area contributed by atoms with E-state index in [1.165, 1.54) is 24.3 Å². The van der Waals surface area contributed by atoms with E-state index in [0.717, 1.165) is 19.2 Å². The van der Waals surface area contributed by atoms with Crippen molar-refractivity contribution in [2.45, 2.75) is 18.8 Å². The first-order chi connectivity index (χ1) is 16.4. The predicted octanol–water partition coefficient (Wildman–Crippen LogP) is 5.05. The van der Waals surface area contributed by atoms with E-state index in [1.807, 2.05) is 5.32 Å². The lowest BCUT2D eigenvalue weighted by atomic mass is 10.1. The molecule has 0 aliphatic rings. The molecule has 1 aromatic heterocycles. The molecule has 0 spiro atoms. The van der Waals surface area contributed by atoms with Crippen LogP contribution in [0.1, 0.15) is 27.6 Å². The highest BCUT2D eigenvalue weighted by molar-refractivity contribution is 7.22. The van der Waals surface area contributed by atoms with Crippen LogP contribution in [0.25, 0.3) is 10.2 Å². The maximum atomic E-state index is 14.3. The molecule has 2 aromatic carbocycles. The number of aromatic nitrogens is 1. The summed E-state index contributed by atoms with van der Waals surface area (Å²) in [5, 5.41) is 3.15.